The number of dihydropyridines is 1. The zero-order chi connectivity index (χ0) is 10.0. The Balaban J connectivity index is 0.00000169. The summed E-state index contributed by atoms with van der Waals surface area (Å²) in [6, 6.07) is 0. The topological polar surface area (TPSA) is 58.3 Å². The second-order valence-electron chi connectivity index (χ2n) is 3.71. The number of hydrogen-bond donors (Lipinski definition) is 3. The average molecular weight is 219 g/mol. The first kappa shape index (κ1) is 13.5. The molecule has 0 saturated carbocycles. The molecule has 0 fully saturated rings. The van der Waals surface area contributed by atoms with Gasteiger partial charge in [-0.25, -0.2) is 0 Å². The van der Waals surface area contributed by atoms with Gasteiger partial charge in [0, 0.05) is 12.2 Å². The van der Waals surface area contributed by atoms with Crippen LogP contribution in [0.5, 0.6) is 0 Å². The van der Waals surface area contributed by atoms with Gasteiger partial charge in [-0.2, -0.15) is 0 Å². The summed E-state index contributed by atoms with van der Waals surface area (Å²) in [5, 5.41) is 12.6. The van der Waals surface area contributed by atoms with Gasteiger partial charge in [-0.05, 0) is 30.1 Å². The minimum atomic E-state index is -0.604. The highest BCUT2D eigenvalue weighted by atomic mass is 35.5. The highest BCUT2D eigenvalue weighted by Gasteiger charge is 2.19. The van der Waals surface area contributed by atoms with Crippen molar-refractivity contribution in [2.24, 2.45) is 11.7 Å². The minimum Gasteiger partial charge on any atom is -0.370 e. The lowest BCUT2D eigenvalue weighted by Gasteiger charge is -2.26. The van der Waals surface area contributed by atoms with Gasteiger partial charge < -0.3 is 16.2 Å². The van der Waals surface area contributed by atoms with Gasteiger partial charge in [0.25, 0.3) is 0 Å². The van der Waals surface area contributed by atoms with Crippen LogP contribution in [0.2, 0.25) is 0 Å². The molecular formula is C10H19ClN2O. The Morgan fingerprint density at radius 1 is 1.57 bits per heavy atom. The number of allylic oxidation sites excluding steroid dienone is 3. The zero-order valence-corrected chi connectivity index (χ0v) is 9.69. The molecule has 0 spiro atoms. The number of aliphatic hydroxyl groups is 1. The lowest BCUT2D eigenvalue weighted by atomic mass is 9.93. The van der Waals surface area contributed by atoms with Crippen LogP contribution in [0, 0.1) is 5.92 Å². The summed E-state index contributed by atoms with van der Waals surface area (Å²) in [5.41, 5.74) is 8.64. The number of halogens is 1. The van der Waals surface area contributed by atoms with Crippen molar-refractivity contribution in [3.05, 3.63) is 22.9 Å². The molecule has 0 radical (unpaired) electrons. The Morgan fingerprint density at radius 2 is 2.14 bits per heavy atom. The highest BCUT2D eigenvalue weighted by Crippen LogP contribution is 2.22. The molecule has 1 atom stereocenters. The normalized spacial score (nSPS) is 21.6. The summed E-state index contributed by atoms with van der Waals surface area (Å²) in [7, 11) is 0. The second-order valence-corrected chi connectivity index (χ2v) is 3.71. The fourth-order valence-corrected chi connectivity index (χ4v) is 1.60. The first-order valence-electron chi connectivity index (χ1n) is 4.62. The standard InChI is InChI=1S/C10H18N2O.ClH/c1-6(2)8-4-7(3)12-10(13)9(8)5-11;/h4,6,10,12-13H,5,11H2,1-3H3;1H. The maximum Gasteiger partial charge on any atom is 0.148 e. The summed E-state index contributed by atoms with van der Waals surface area (Å²) in [6.45, 7) is 6.56. The van der Waals surface area contributed by atoms with Crippen LogP contribution in [0.4, 0.5) is 0 Å². The molecule has 1 heterocycles. The van der Waals surface area contributed by atoms with Crippen molar-refractivity contribution in [2.75, 3.05) is 6.54 Å². The monoisotopic (exact) mass is 218 g/mol. The first-order chi connectivity index (χ1) is 6.06. The molecule has 0 aromatic rings. The van der Waals surface area contributed by atoms with Crippen molar-refractivity contribution in [1.29, 1.82) is 0 Å². The molecule has 1 unspecified atom stereocenters. The average Bonchev–Trinajstić information content (AvgIpc) is 2.02. The van der Waals surface area contributed by atoms with Crippen molar-refractivity contribution < 1.29 is 5.11 Å². The highest BCUT2D eigenvalue weighted by molar-refractivity contribution is 5.85. The Kier molecular flexibility index (Phi) is 5.19. The summed E-state index contributed by atoms with van der Waals surface area (Å²) in [6.07, 6.45) is 1.45. The van der Waals surface area contributed by atoms with Crippen LogP contribution in [0.3, 0.4) is 0 Å². The van der Waals surface area contributed by atoms with E-state index in [9.17, 15) is 5.11 Å². The molecule has 0 aromatic carbocycles. The summed E-state index contributed by atoms with van der Waals surface area (Å²) in [5.74, 6) is 0.408. The molecule has 1 aliphatic heterocycles. The third-order valence-corrected chi connectivity index (χ3v) is 2.28. The fraction of sp³-hybridized carbons (Fsp3) is 0.600. The number of rotatable bonds is 2. The number of hydrogen-bond acceptors (Lipinski definition) is 3. The molecule has 0 aromatic heterocycles. The third kappa shape index (κ3) is 2.74. The fourth-order valence-electron chi connectivity index (χ4n) is 1.60. The summed E-state index contributed by atoms with van der Waals surface area (Å²) >= 11 is 0. The summed E-state index contributed by atoms with van der Waals surface area (Å²) < 4.78 is 0. The Morgan fingerprint density at radius 3 is 2.57 bits per heavy atom. The molecule has 3 nitrogen and oxygen atoms in total. The molecule has 1 aliphatic rings. The van der Waals surface area contributed by atoms with E-state index in [4.69, 9.17) is 5.73 Å². The van der Waals surface area contributed by atoms with Gasteiger partial charge in [-0.3, -0.25) is 0 Å². The number of aliphatic hydroxyl groups excluding tert-OH is 1. The van der Waals surface area contributed by atoms with Crippen LogP contribution in [-0.4, -0.2) is 17.9 Å². The van der Waals surface area contributed by atoms with Crippen molar-refractivity contribution in [2.45, 2.75) is 27.0 Å². The maximum absolute atomic E-state index is 9.67. The Hall–Kier alpha value is -0.510. The zero-order valence-electron chi connectivity index (χ0n) is 8.87. The predicted octanol–water partition coefficient (Wildman–Crippen LogP) is 1.14. The third-order valence-electron chi connectivity index (χ3n) is 2.28. The van der Waals surface area contributed by atoms with Crippen LogP contribution in [0.15, 0.2) is 22.9 Å². The molecule has 0 saturated heterocycles. The van der Waals surface area contributed by atoms with Gasteiger partial charge in [-0.1, -0.05) is 13.8 Å². The van der Waals surface area contributed by atoms with E-state index in [1.54, 1.807) is 0 Å². The second kappa shape index (κ2) is 5.39. The number of nitrogens with two attached hydrogens (primary N) is 1. The lowest BCUT2D eigenvalue weighted by molar-refractivity contribution is 0.179. The maximum atomic E-state index is 9.67. The van der Waals surface area contributed by atoms with Crippen LogP contribution in [0.25, 0.3) is 0 Å². The number of nitrogens with one attached hydrogen (secondary N) is 1. The smallest absolute Gasteiger partial charge is 0.148 e. The van der Waals surface area contributed by atoms with E-state index in [0.717, 1.165) is 16.8 Å². The van der Waals surface area contributed by atoms with Gasteiger partial charge in [-0.15, -0.1) is 12.4 Å². The van der Waals surface area contributed by atoms with E-state index < -0.39 is 6.23 Å². The molecular weight excluding hydrogens is 200 g/mol. The molecule has 1 rings (SSSR count). The molecule has 4 N–H and O–H groups in total. The van der Waals surface area contributed by atoms with E-state index in [-0.39, 0.29) is 12.4 Å². The van der Waals surface area contributed by atoms with Gasteiger partial charge in [0.15, 0.2) is 0 Å². The van der Waals surface area contributed by atoms with Crippen molar-refractivity contribution >= 4 is 12.4 Å². The van der Waals surface area contributed by atoms with E-state index in [0.29, 0.717) is 12.5 Å². The van der Waals surface area contributed by atoms with Crippen LogP contribution in [-0.2, 0) is 0 Å². The van der Waals surface area contributed by atoms with Crippen molar-refractivity contribution in [3.63, 3.8) is 0 Å². The van der Waals surface area contributed by atoms with Crippen LogP contribution < -0.4 is 11.1 Å². The quantitative estimate of drug-likeness (QED) is 0.652. The van der Waals surface area contributed by atoms with Gasteiger partial charge >= 0.3 is 0 Å². The van der Waals surface area contributed by atoms with Gasteiger partial charge in [0.2, 0.25) is 0 Å². The van der Waals surface area contributed by atoms with Crippen molar-refractivity contribution in [1.82, 2.24) is 5.32 Å². The van der Waals surface area contributed by atoms with Crippen molar-refractivity contribution in [3.8, 4) is 0 Å². The minimum absolute atomic E-state index is 0. The Labute approximate surface area is 91.5 Å². The molecule has 0 aliphatic carbocycles. The summed E-state index contributed by atoms with van der Waals surface area (Å²) in [4.78, 5) is 0. The molecule has 4 heteroatoms. The SMILES string of the molecule is CC1=CC(C(C)C)=C(CN)C(O)N1.Cl. The lowest BCUT2D eigenvalue weighted by Crippen LogP contribution is -2.36. The van der Waals surface area contributed by atoms with Crippen LogP contribution >= 0.6 is 12.4 Å². The molecule has 14 heavy (non-hydrogen) atoms. The molecule has 82 valence electrons. The van der Waals surface area contributed by atoms with Crippen LogP contribution in [0.1, 0.15) is 20.8 Å². The molecule has 0 bridgehead atoms. The Bertz CT molecular complexity index is 259. The van der Waals surface area contributed by atoms with E-state index >= 15 is 0 Å². The van der Waals surface area contributed by atoms with Gasteiger partial charge in [0.05, 0.1) is 0 Å². The first-order valence-corrected chi connectivity index (χ1v) is 4.62. The predicted molar refractivity (Wildman–Crippen MR) is 61.1 cm³/mol. The largest absolute Gasteiger partial charge is 0.370 e. The van der Waals surface area contributed by atoms with E-state index in [2.05, 4.69) is 25.2 Å². The molecule has 0 amide bonds. The van der Waals surface area contributed by atoms with Gasteiger partial charge in [0.1, 0.15) is 6.23 Å². The van der Waals surface area contributed by atoms with E-state index in [1.807, 2.05) is 6.92 Å². The van der Waals surface area contributed by atoms with E-state index in [1.165, 1.54) is 0 Å².